The maximum Gasteiger partial charge on any atom is -0.0216 e. The van der Waals surface area contributed by atoms with E-state index in [-0.39, 0.29) is 16.2 Å². The molecule has 0 N–H and O–H groups in total. The van der Waals surface area contributed by atoms with Gasteiger partial charge >= 0.3 is 0 Å². The molecule has 0 aliphatic heterocycles. The molecule has 1 atom stereocenters. The molecule has 0 radical (unpaired) electrons. The molecule has 0 aromatic rings. The Balaban J connectivity index is 6.21. The van der Waals surface area contributed by atoms with E-state index < -0.39 is 0 Å². The molecule has 0 aromatic carbocycles. The van der Waals surface area contributed by atoms with Crippen molar-refractivity contribution in [2.24, 2.45) is 33.0 Å². The van der Waals surface area contributed by atoms with Crippen LogP contribution < -0.4 is 0 Å². The van der Waals surface area contributed by atoms with E-state index in [1.54, 1.807) is 0 Å². The van der Waals surface area contributed by atoms with E-state index in [1.165, 1.54) is 12.8 Å². The van der Waals surface area contributed by atoms with Gasteiger partial charge < -0.3 is 0 Å². The second-order valence-electron chi connectivity index (χ2n) is 10.0. The van der Waals surface area contributed by atoms with Crippen LogP contribution in [0.2, 0.25) is 0 Å². The van der Waals surface area contributed by atoms with Gasteiger partial charge in [-0.25, -0.2) is 0 Å². The van der Waals surface area contributed by atoms with Crippen LogP contribution >= 0.6 is 0 Å². The molecule has 0 aliphatic carbocycles. The van der Waals surface area contributed by atoms with Crippen molar-refractivity contribution in [2.45, 2.75) is 103 Å². The first kappa shape index (κ1) is 21.0. The van der Waals surface area contributed by atoms with Gasteiger partial charge in [-0.3, -0.25) is 0 Å². The van der Waals surface area contributed by atoms with Gasteiger partial charge in [-0.1, -0.05) is 96.4 Å². The third-order valence-corrected chi connectivity index (χ3v) is 9.10. The Labute approximate surface area is 136 Å². The van der Waals surface area contributed by atoms with Crippen molar-refractivity contribution < 1.29 is 0 Å². The van der Waals surface area contributed by atoms with E-state index in [0.717, 1.165) is 0 Å². The Morgan fingerprint density at radius 2 is 1.00 bits per heavy atom. The van der Waals surface area contributed by atoms with Gasteiger partial charge in [0.05, 0.1) is 0 Å². The summed E-state index contributed by atoms with van der Waals surface area (Å²) in [5.41, 5.74) is 1.46. The zero-order chi connectivity index (χ0) is 17.5. The Morgan fingerprint density at radius 3 is 1.24 bits per heavy atom. The summed E-state index contributed by atoms with van der Waals surface area (Å²) < 4.78 is 0. The van der Waals surface area contributed by atoms with E-state index in [0.29, 0.717) is 16.7 Å². The molecule has 0 bridgehead atoms. The molecule has 0 saturated heterocycles. The number of rotatable bonds is 7. The fraction of sp³-hybridized carbons (Fsp3) is 1.00. The third-order valence-electron chi connectivity index (χ3n) is 9.10. The van der Waals surface area contributed by atoms with Crippen LogP contribution in [0.1, 0.15) is 103 Å². The zero-order valence-corrected chi connectivity index (χ0v) is 17.5. The molecular weight excluding hydrogens is 252 g/mol. The lowest BCUT2D eigenvalue weighted by Gasteiger charge is -2.65. The standard InChI is InChI=1S/C21H44/c1-14-17(5,6)19(9,10)21(13,15-2)20(11,12)18(7,8)16(3)4/h16H,14-15H2,1-13H3. The molecule has 21 heavy (non-hydrogen) atoms. The van der Waals surface area contributed by atoms with Gasteiger partial charge in [-0.05, 0) is 39.4 Å². The lowest BCUT2D eigenvalue weighted by Crippen LogP contribution is -2.58. The van der Waals surface area contributed by atoms with E-state index in [2.05, 4.69) is 90.0 Å². The molecular formula is C21H44. The van der Waals surface area contributed by atoms with E-state index >= 15 is 0 Å². The van der Waals surface area contributed by atoms with Crippen molar-refractivity contribution in [3.8, 4) is 0 Å². The maximum atomic E-state index is 2.55. The van der Waals surface area contributed by atoms with Gasteiger partial charge in [-0.2, -0.15) is 0 Å². The second kappa shape index (κ2) is 5.89. The molecule has 0 heteroatoms. The molecule has 0 aromatic heterocycles. The fourth-order valence-corrected chi connectivity index (χ4v) is 4.29. The summed E-state index contributed by atoms with van der Waals surface area (Å²) in [6, 6.07) is 0. The highest BCUT2D eigenvalue weighted by molar-refractivity contribution is 5.08. The Bertz CT molecular complexity index is 341. The average molecular weight is 297 g/mol. The minimum atomic E-state index is 0.263. The fourth-order valence-electron chi connectivity index (χ4n) is 4.29. The predicted octanol–water partition coefficient (Wildman–Crippen LogP) is 7.57. The van der Waals surface area contributed by atoms with Crippen LogP contribution in [-0.4, -0.2) is 0 Å². The largest absolute Gasteiger partial charge is 0.0649 e. The van der Waals surface area contributed by atoms with Crippen LogP contribution in [0.15, 0.2) is 0 Å². The van der Waals surface area contributed by atoms with Gasteiger partial charge in [0.2, 0.25) is 0 Å². The quantitative estimate of drug-likeness (QED) is 0.454. The summed E-state index contributed by atoms with van der Waals surface area (Å²) in [5, 5.41) is 0. The van der Waals surface area contributed by atoms with Crippen LogP contribution in [0.4, 0.5) is 0 Å². The molecule has 0 fully saturated rings. The normalized spacial score (nSPS) is 18.0. The first-order chi connectivity index (χ1) is 9.06. The number of hydrogen-bond acceptors (Lipinski definition) is 0. The number of hydrogen-bond donors (Lipinski definition) is 0. The summed E-state index contributed by atoms with van der Waals surface area (Å²) in [7, 11) is 0. The molecule has 0 saturated carbocycles. The highest BCUT2D eigenvalue weighted by Crippen LogP contribution is 2.67. The van der Waals surface area contributed by atoms with Crippen LogP contribution in [0.3, 0.4) is 0 Å². The monoisotopic (exact) mass is 296 g/mol. The molecule has 0 aliphatic rings. The molecule has 0 nitrogen and oxygen atoms in total. The van der Waals surface area contributed by atoms with Gasteiger partial charge in [0.15, 0.2) is 0 Å². The van der Waals surface area contributed by atoms with Crippen LogP contribution in [0.25, 0.3) is 0 Å². The van der Waals surface area contributed by atoms with Crippen LogP contribution in [-0.2, 0) is 0 Å². The first-order valence-corrected chi connectivity index (χ1v) is 9.06. The lowest BCUT2D eigenvalue weighted by atomic mass is 9.39. The molecule has 1 unspecified atom stereocenters. The molecule has 128 valence electrons. The minimum Gasteiger partial charge on any atom is -0.0649 e. The first-order valence-electron chi connectivity index (χ1n) is 9.06. The van der Waals surface area contributed by atoms with Gasteiger partial charge in [0, 0.05) is 0 Å². The third kappa shape index (κ3) is 2.81. The van der Waals surface area contributed by atoms with Gasteiger partial charge in [-0.15, -0.1) is 0 Å². The SMILES string of the molecule is CCC(C)(C)C(C)(C)C(C)(CC)C(C)(C)C(C)(C)C(C)C. The summed E-state index contributed by atoms with van der Waals surface area (Å²) in [4.78, 5) is 0. The average Bonchev–Trinajstić information content (AvgIpc) is 2.36. The highest BCUT2D eigenvalue weighted by atomic mass is 14.6. The second-order valence-corrected chi connectivity index (χ2v) is 10.0. The van der Waals surface area contributed by atoms with Crippen LogP contribution in [0, 0.1) is 33.0 Å². The van der Waals surface area contributed by atoms with Gasteiger partial charge in [0.1, 0.15) is 0 Å². The van der Waals surface area contributed by atoms with E-state index in [1.807, 2.05) is 0 Å². The minimum absolute atomic E-state index is 0.263. The highest BCUT2D eigenvalue weighted by Gasteiger charge is 2.60. The van der Waals surface area contributed by atoms with Crippen molar-refractivity contribution in [3.63, 3.8) is 0 Å². The Hall–Kier alpha value is 0. The molecule has 0 heterocycles. The zero-order valence-electron chi connectivity index (χ0n) is 17.5. The molecule has 0 amide bonds. The van der Waals surface area contributed by atoms with Gasteiger partial charge in [0.25, 0.3) is 0 Å². The molecule has 0 spiro atoms. The molecule has 0 rings (SSSR count). The summed E-state index contributed by atoms with van der Waals surface area (Å²) in [6.07, 6.45) is 2.46. The van der Waals surface area contributed by atoms with E-state index in [4.69, 9.17) is 0 Å². The van der Waals surface area contributed by atoms with E-state index in [9.17, 15) is 0 Å². The van der Waals surface area contributed by atoms with Crippen molar-refractivity contribution >= 4 is 0 Å². The van der Waals surface area contributed by atoms with Crippen molar-refractivity contribution in [3.05, 3.63) is 0 Å². The summed E-state index contributed by atoms with van der Waals surface area (Å²) >= 11 is 0. The van der Waals surface area contributed by atoms with Crippen molar-refractivity contribution in [2.75, 3.05) is 0 Å². The predicted molar refractivity (Wildman–Crippen MR) is 98.7 cm³/mol. The Kier molecular flexibility index (Phi) is 5.89. The smallest absolute Gasteiger partial charge is 0.0216 e. The van der Waals surface area contributed by atoms with Crippen molar-refractivity contribution in [1.82, 2.24) is 0 Å². The maximum absolute atomic E-state index is 2.55. The summed E-state index contributed by atoms with van der Waals surface area (Å²) in [5.74, 6) is 0.680. The summed E-state index contributed by atoms with van der Waals surface area (Å²) in [6.45, 7) is 32.0. The Morgan fingerprint density at radius 1 is 0.619 bits per heavy atom. The van der Waals surface area contributed by atoms with Crippen LogP contribution in [0.5, 0.6) is 0 Å². The lowest BCUT2D eigenvalue weighted by molar-refractivity contribution is -0.166. The van der Waals surface area contributed by atoms with Crippen molar-refractivity contribution in [1.29, 1.82) is 0 Å². The topological polar surface area (TPSA) is 0 Å².